The zero-order valence-electron chi connectivity index (χ0n) is 18.4. The quantitative estimate of drug-likeness (QED) is 0.166. The molecule has 1 fully saturated rings. The minimum absolute atomic E-state index is 0.0230. The molecule has 1 saturated carbocycles. The number of benzene rings is 2. The van der Waals surface area contributed by atoms with E-state index in [9.17, 15) is 18.0 Å². The highest BCUT2D eigenvalue weighted by atomic mass is 32.1. The molecule has 1 aliphatic carbocycles. The summed E-state index contributed by atoms with van der Waals surface area (Å²) in [5, 5.41) is 34.9. The Morgan fingerprint density at radius 1 is 1.17 bits per heavy atom. The van der Waals surface area contributed by atoms with Crippen LogP contribution in [0.25, 0.3) is 11.1 Å². The number of carboxylic acids is 1. The smallest absolute Gasteiger partial charge is 0.475 e. The normalized spacial score (nSPS) is 16.8. The second-order valence-corrected chi connectivity index (χ2v) is 8.48. The third-order valence-corrected chi connectivity index (χ3v) is 6.08. The molecule has 0 aliphatic heterocycles. The van der Waals surface area contributed by atoms with Crippen LogP contribution in [0.1, 0.15) is 29.0 Å². The van der Waals surface area contributed by atoms with Crippen molar-refractivity contribution in [1.82, 2.24) is 0 Å². The van der Waals surface area contributed by atoms with E-state index in [-0.39, 0.29) is 23.6 Å². The predicted octanol–water partition coefficient (Wildman–Crippen LogP) is 4.76. The first-order valence-electron chi connectivity index (χ1n) is 10.3. The number of aliphatic carboxylic acids is 1. The fourth-order valence-electron chi connectivity index (χ4n) is 3.41. The second-order valence-electron chi connectivity index (χ2n) is 7.74. The van der Waals surface area contributed by atoms with E-state index in [0.717, 1.165) is 28.8 Å². The number of halogens is 3. The van der Waals surface area contributed by atoms with Crippen LogP contribution >= 0.6 is 11.3 Å². The Balaban J connectivity index is 0.000000454. The lowest BCUT2D eigenvalue weighted by molar-refractivity contribution is -0.192. The van der Waals surface area contributed by atoms with Gasteiger partial charge in [0.25, 0.3) is 0 Å². The van der Waals surface area contributed by atoms with Gasteiger partial charge in [-0.1, -0.05) is 35.5 Å². The van der Waals surface area contributed by atoms with Crippen LogP contribution < -0.4 is 11.1 Å². The van der Waals surface area contributed by atoms with Crippen LogP contribution in [0.4, 0.5) is 18.9 Å². The van der Waals surface area contributed by atoms with Gasteiger partial charge in [0.1, 0.15) is 6.07 Å². The molecule has 0 radical (unpaired) electrons. The van der Waals surface area contributed by atoms with Crippen LogP contribution in [-0.4, -0.2) is 34.2 Å². The summed E-state index contributed by atoms with van der Waals surface area (Å²) in [4.78, 5) is 21.5. The van der Waals surface area contributed by atoms with Gasteiger partial charge in [0, 0.05) is 28.1 Å². The number of thiophene rings is 1. The first-order chi connectivity index (χ1) is 17.0. The fourth-order valence-corrected chi connectivity index (χ4v) is 4.20. The van der Waals surface area contributed by atoms with Crippen molar-refractivity contribution >= 4 is 34.7 Å². The van der Waals surface area contributed by atoms with E-state index >= 15 is 0 Å². The van der Waals surface area contributed by atoms with Crippen LogP contribution in [0.15, 0.2) is 64.4 Å². The summed E-state index contributed by atoms with van der Waals surface area (Å²) in [5.41, 5.74) is 10.5. The maximum Gasteiger partial charge on any atom is 0.490 e. The molecule has 0 bridgehead atoms. The van der Waals surface area contributed by atoms with Gasteiger partial charge in [0.05, 0.1) is 5.56 Å². The zero-order valence-corrected chi connectivity index (χ0v) is 19.2. The fraction of sp³-hybridized carbons (Fsp3) is 0.167. The van der Waals surface area contributed by atoms with Gasteiger partial charge in [-0.05, 0) is 47.0 Å². The zero-order chi connectivity index (χ0) is 26.5. The molecule has 2 aromatic carbocycles. The largest absolute Gasteiger partial charge is 0.490 e. The van der Waals surface area contributed by atoms with Gasteiger partial charge >= 0.3 is 12.1 Å². The number of nitrogens with two attached hydrogens (primary N) is 1. The van der Waals surface area contributed by atoms with Gasteiger partial charge in [-0.25, -0.2) is 4.79 Å². The molecule has 1 heterocycles. The van der Waals surface area contributed by atoms with Crippen molar-refractivity contribution in [3.05, 3.63) is 76.0 Å². The first kappa shape index (κ1) is 26.2. The Morgan fingerprint density at radius 3 is 2.42 bits per heavy atom. The highest BCUT2D eigenvalue weighted by Gasteiger charge is 2.44. The molecule has 5 N–H and O–H groups in total. The Labute approximate surface area is 207 Å². The van der Waals surface area contributed by atoms with Crippen LogP contribution in [0.3, 0.4) is 0 Å². The molecule has 1 aromatic heterocycles. The molecule has 186 valence electrons. The molecule has 0 spiro atoms. The lowest BCUT2D eigenvalue weighted by atomic mass is 10.0. The second kappa shape index (κ2) is 10.9. The van der Waals surface area contributed by atoms with Gasteiger partial charge in [0.2, 0.25) is 5.91 Å². The molecule has 4 rings (SSSR count). The third kappa shape index (κ3) is 6.39. The van der Waals surface area contributed by atoms with Crippen molar-refractivity contribution < 1.29 is 33.1 Å². The third-order valence-electron chi connectivity index (χ3n) is 5.33. The van der Waals surface area contributed by atoms with Gasteiger partial charge in [-0.3, -0.25) is 4.79 Å². The standard InChI is InChI=1S/C22H18N4O2S.C2HF3O2/c23-10-16-11-29-12-20(16)13-4-6-17(7-5-13)25-22(27)19-9-18(19)14-2-1-3-15(8-14)21(24)26-28;3-2(4,5)1(6)7/h1-8,11-12,18-19,28H,9H2,(H2,24,26)(H,25,27);(H,6,7). The molecule has 1 aliphatic rings. The topological polar surface area (TPSA) is 149 Å². The van der Waals surface area contributed by atoms with Crippen molar-refractivity contribution in [3.63, 3.8) is 0 Å². The SMILES string of the molecule is N#Cc1cscc1-c1ccc(NC(=O)C2CC2c2cccc(/C(N)=N/O)c2)cc1.O=C(O)C(F)(F)F. The van der Waals surface area contributed by atoms with E-state index in [1.165, 1.54) is 11.3 Å². The minimum Gasteiger partial charge on any atom is -0.475 e. The predicted molar refractivity (Wildman–Crippen MR) is 127 cm³/mol. The van der Waals surface area contributed by atoms with E-state index in [0.29, 0.717) is 11.1 Å². The van der Waals surface area contributed by atoms with Crippen molar-refractivity contribution in [2.24, 2.45) is 16.8 Å². The molecule has 1 amide bonds. The summed E-state index contributed by atoms with van der Waals surface area (Å²) in [6.07, 6.45) is -4.32. The lowest BCUT2D eigenvalue weighted by Crippen LogP contribution is -2.21. The van der Waals surface area contributed by atoms with Crippen LogP contribution in [0, 0.1) is 17.2 Å². The van der Waals surface area contributed by atoms with Crippen molar-refractivity contribution in [2.45, 2.75) is 18.5 Å². The monoisotopic (exact) mass is 516 g/mol. The Hall–Kier alpha value is -4.37. The molecular formula is C24H19F3N4O4S. The number of hydrogen-bond donors (Lipinski definition) is 4. The lowest BCUT2D eigenvalue weighted by Gasteiger charge is -2.07. The van der Waals surface area contributed by atoms with Crippen molar-refractivity contribution in [2.75, 3.05) is 5.32 Å². The average Bonchev–Trinajstić information content (AvgIpc) is 3.53. The number of nitrogens with one attached hydrogen (secondary N) is 1. The number of oxime groups is 1. The van der Waals surface area contributed by atoms with Crippen LogP contribution in [0.5, 0.6) is 0 Å². The number of carboxylic acid groups (broad SMARTS) is 1. The van der Waals surface area contributed by atoms with Crippen molar-refractivity contribution in [1.29, 1.82) is 5.26 Å². The van der Waals surface area contributed by atoms with Crippen LogP contribution in [-0.2, 0) is 9.59 Å². The van der Waals surface area contributed by atoms with E-state index in [1.54, 1.807) is 6.07 Å². The molecule has 2 atom stereocenters. The number of nitrogens with zero attached hydrogens (tertiary/aromatic N) is 2. The first-order valence-corrected chi connectivity index (χ1v) is 11.2. The van der Waals surface area contributed by atoms with Gasteiger partial charge in [-0.15, -0.1) is 0 Å². The summed E-state index contributed by atoms with van der Waals surface area (Å²) >= 11 is 1.49. The number of anilines is 1. The maximum atomic E-state index is 12.6. The molecule has 36 heavy (non-hydrogen) atoms. The van der Waals surface area contributed by atoms with E-state index in [2.05, 4.69) is 16.5 Å². The highest BCUT2D eigenvalue weighted by molar-refractivity contribution is 7.08. The minimum atomic E-state index is -5.08. The summed E-state index contributed by atoms with van der Waals surface area (Å²) in [7, 11) is 0. The van der Waals surface area contributed by atoms with Gasteiger partial charge in [0.15, 0.2) is 5.84 Å². The number of nitriles is 1. The average molecular weight is 517 g/mol. The molecule has 12 heteroatoms. The molecule has 3 aromatic rings. The van der Waals surface area contributed by atoms with E-state index in [1.807, 2.05) is 53.2 Å². The number of rotatable bonds is 5. The van der Waals surface area contributed by atoms with E-state index in [4.69, 9.17) is 26.1 Å². The summed E-state index contributed by atoms with van der Waals surface area (Å²) in [6, 6.07) is 17.1. The van der Waals surface area contributed by atoms with Gasteiger partial charge in [-0.2, -0.15) is 29.8 Å². The van der Waals surface area contributed by atoms with E-state index < -0.39 is 12.1 Å². The Morgan fingerprint density at radius 2 is 1.83 bits per heavy atom. The number of hydrogen-bond acceptors (Lipinski definition) is 6. The van der Waals surface area contributed by atoms with Crippen LogP contribution in [0.2, 0.25) is 0 Å². The number of alkyl halides is 3. The molecule has 2 unspecified atom stereocenters. The molecule has 8 nitrogen and oxygen atoms in total. The number of amides is 1. The maximum absolute atomic E-state index is 12.6. The molecule has 0 saturated heterocycles. The summed E-state index contributed by atoms with van der Waals surface area (Å²) in [6.45, 7) is 0. The number of carbonyl (C=O) groups is 2. The Bertz CT molecular complexity index is 1330. The summed E-state index contributed by atoms with van der Waals surface area (Å²) < 4.78 is 31.7. The molecular weight excluding hydrogens is 497 g/mol. The van der Waals surface area contributed by atoms with Gasteiger partial charge < -0.3 is 21.4 Å². The number of amidine groups is 1. The number of carbonyl (C=O) groups excluding carboxylic acids is 1. The van der Waals surface area contributed by atoms with Crippen molar-refractivity contribution in [3.8, 4) is 17.2 Å². The summed E-state index contributed by atoms with van der Waals surface area (Å²) in [5.74, 6) is -2.69. The highest BCUT2D eigenvalue weighted by Crippen LogP contribution is 2.48. The Kier molecular flexibility index (Phi) is 7.96.